The summed E-state index contributed by atoms with van der Waals surface area (Å²) in [5.41, 5.74) is 0.947. The summed E-state index contributed by atoms with van der Waals surface area (Å²) in [6.45, 7) is 5.68. The van der Waals surface area contributed by atoms with E-state index in [4.69, 9.17) is 4.74 Å². The van der Waals surface area contributed by atoms with E-state index in [9.17, 15) is 4.79 Å². The second kappa shape index (κ2) is 5.85. The van der Waals surface area contributed by atoms with Crippen LogP contribution in [0.4, 0.5) is 0 Å². The number of ether oxygens (including phenoxy) is 1. The van der Waals surface area contributed by atoms with Gasteiger partial charge in [-0.25, -0.2) is 0 Å². The molecule has 0 aromatic heterocycles. The molecule has 2 nitrogen and oxygen atoms in total. The van der Waals surface area contributed by atoms with Crippen LogP contribution >= 0.6 is 15.9 Å². The van der Waals surface area contributed by atoms with E-state index in [2.05, 4.69) is 22.5 Å². The van der Waals surface area contributed by atoms with E-state index in [1.807, 2.05) is 31.2 Å². The summed E-state index contributed by atoms with van der Waals surface area (Å²) in [5.74, 6) is -0.459. The van der Waals surface area contributed by atoms with Gasteiger partial charge in [0.1, 0.15) is 0 Å². The van der Waals surface area contributed by atoms with Crippen molar-refractivity contribution in [3.05, 3.63) is 47.0 Å². The van der Waals surface area contributed by atoms with Gasteiger partial charge in [-0.3, -0.25) is 4.79 Å². The van der Waals surface area contributed by atoms with Gasteiger partial charge < -0.3 is 4.74 Å². The highest BCUT2D eigenvalue weighted by Crippen LogP contribution is 2.27. The summed E-state index contributed by atoms with van der Waals surface area (Å²) in [4.78, 5) is 11.7. The Labute approximate surface area is 104 Å². The van der Waals surface area contributed by atoms with Gasteiger partial charge in [0.05, 0.1) is 13.0 Å². The number of rotatable bonds is 4. The van der Waals surface area contributed by atoms with Crippen LogP contribution in [0, 0.1) is 5.92 Å². The van der Waals surface area contributed by atoms with Crippen molar-refractivity contribution in [1.29, 1.82) is 0 Å². The predicted octanol–water partition coefficient (Wildman–Crippen LogP) is 3.53. The molecule has 1 rings (SSSR count). The smallest absolute Gasteiger partial charge is 0.313 e. The first-order valence-electron chi connectivity index (χ1n) is 5.06. The molecular weight excluding hydrogens is 268 g/mol. The molecule has 0 aliphatic rings. The molecule has 0 saturated heterocycles. The van der Waals surface area contributed by atoms with Gasteiger partial charge in [0.2, 0.25) is 0 Å². The summed E-state index contributed by atoms with van der Waals surface area (Å²) >= 11 is 3.37. The molecule has 0 amide bonds. The molecule has 1 aromatic carbocycles. The van der Waals surface area contributed by atoms with Crippen molar-refractivity contribution in [3.63, 3.8) is 0 Å². The Bertz CT molecular complexity index is 370. The number of benzene rings is 1. The Morgan fingerprint density at radius 1 is 1.44 bits per heavy atom. The van der Waals surface area contributed by atoms with Crippen molar-refractivity contribution in [2.24, 2.45) is 5.92 Å². The van der Waals surface area contributed by atoms with E-state index in [0.717, 1.165) is 10.0 Å². The Balaban J connectivity index is 3.05. The van der Waals surface area contributed by atoms with Gasteiger partial charge in [-0.1, -0.05) is 41.1 Å². The average molecular weight is 283 g/mol. The van der Waals surface area contributed by atoms with Gasteiger partial charge in [0.15, 0.2) is 0 Å². The average Bonchev–Trinajstić information content (AvgIpc) is 2.31. The lowest BCUT2D eigenvalue weighted by Gasteiger charge is -2.19. The maximum atomic E-state index is 11.7. The molecule has 3 heteroatoms. The normalized spacial score (nSPS) is 13.9. The molecule has 0 radical (unpaired) electrons. The minimum Gasteiger partial charge on any atom is -0.469 e. The zero-order chi connectivity index (χ0) is 12.1. The number of hydrogen-bond donors (Lipinski definition) is 0. The third-order valence-electron chi connectivity index (χ3n) is 2.58. The van der Waals surface area contributed by atoms with Crippen LogP contribution < -0.4 is 0 Å². The fourth-order valence-corrected chi connectivity index (χ4v) is 1.85. The highest BCUT2D eigenvalue weighted by molar-refractivity contribution is 9.10. The second-order valence-corrected chi connectivity index (χ2v) is 4.56. The molecule has 0 fully saturated rings. The Hall–Kier alpha value is -1.09. The van der Waals surface area contributed by atoms with Crippen LogP contribution in [0.2, 0.25) is 0 Å². The molecule has 2 atom stereocenters. The van der Waals surface area contributed by atoms with Gasteiger partial charge in [-0.15, -0.1) is 6.58 Å². The second-order valence-electron chi connectivity index (χ2n) is 3.65. The monoisotopic (exact) mass is 282 g/mol. The van der Waals surface area contributed by atoms with E-state index >= 15 is 0 Å². The number of carbonyl (C=O) groups is 1. The van der Waals surface area contributed by atoms with Crippen LogP contribution in [-0.4, -0.2) is 13.1 Å². The fraction of sp³-hybridized carbons (Fsp3) is 0.308. The van der Waals surface area contributed by atoms with Gasteiger partial charge >= 0.3 is 5.97 Å². The molecule has 0 saturated carbocycles. The van der Waals surface area contributed by atoms with Crippen LogP contribution in [0.5, 0.6) is 0 Å². The summed E-state index contributed by atoms with van der Waals surface area (Å²) < 4.78 is 5.81. The van der Waals surface area contributed by atoms with Gasteiger partial charge in [0.25, 0.3) is 0 Å². The maximum Gasteiger partial charge on any atom is 0.313 e. The van der Waals surface area contributed by atoms with Crippen LogP contribution in [-0.2, 0) is 9.53 Å². The number of esters is 1. The first-order valence-corrected chi connectivity index (χ1v) is 5.85. The lowest BCUT2D eigenvalue weighted by Crippen LogP contribution is -2.20. The minimum absolute atomic E-state index is 0.0497. The van der Waals surface area contributed by atoms with Crippen LogP contribution in [0.15, 0.2) is 41.4 Å². The van der Waals surface area contributed by atoms with E-state index in [0.29, 0.717) is 0 Å². The molecule has 0 bridgehead atoms. The predicted molar refractivity (Wildman–Crippen MR) is 68.3 cm³/mol. The third-order valence-corrected chi connectivity index (χ3v) is 3.11. The van der Waals surface area contributed by atoms with Crippen LogP contribution in [0.3, 0.4) is 0 Å². The zero-order valence-electron chi connectivity index (χ0n) is 9.44. The number of halogens is 1. The van der Waals surface area contributed by atoms with Gasteiger partial charge in [0, 0.05) is 4.47 Å². The van der Waals surface area contributed by atoms with E-state index in [1.165, 1.54) is 7.11 Å². The molecule has 0 aliphatic heterocycles. The van der Waals surface area contributed by atoms with Crippen molar-refractivity contribution in [1.82, 2.24) is 0 Å². The first-order chi connectivity index (χ1) is 7.60. The topological polar surface area (TPSA) is 26.3 Å². The van der Waals surface area contributed by atoms with Gasteiger partial charge in [-0.05, 0) is 23.6 Å². The molecule has 0 N–H and O–H groups in total. The molecule has 16 heavy (non-hydrogen) atoms. The molecule has 0 spiro atoms. The Morgan fingerprint density at radius 2 is 2.00 bits per heavy atom. The van der Waals surface area contributed by atoms with E-state index in [-0.39, 0.29) is 17.8 Å². The standard InChI is InChI=1S/C13H15BrO2/c1-4-9(2)12(13(15)16-3)10-5-7-11(14)8-6-10/h4-9,12H,1H2,2-3H3/t9-,12+/m0/s1. The number of hydrogen-bond acceptors (Lipinski definition) is 2. The van der Waals surface area contributed by atoms with Crippen molar-refractivity contribution in [2.75, 3.05) is 7.11 Å². The molecular formula is C13H15BrO2. The van der Waals surface area contributed by atoms with E-state index < -0.39 is 0 Å². The highest BCUT2D eigenvalue weighted by atomic mass is 79.9. The Kier molecular flexibility index (Phi) is 4.74. The number of allylic oxidation sites excluding steroid dienone is 1. The molecule has 86 valence electrons. The summed E-state index contributed by atoms with van der Waals surface area (Å²) in [5, 5.41) is 0. The van der Waals surface area contributed by atoms with Crippen molar-refractivity contribution < 1.29 is 9.53 Å². The van der Waals surface area contributed by atoms with Crippen molar-refractivity contribution in [2.45, 2.75) is 12.8 Å². The first kappa shape index (κ1) is 13.0. The molecule has 0 unspecified atom stereocenters. The molecule has 1 aromatic rings. The quantitative estimate of drug-likeness (QED) is 0.624. The summed E-state index contributed by atoms with van der Waals surface area (Å²) in [7, 11) is 1.41. The number of methoxy groups -OCH3 is 1. The SMILES string of the molecule is C=C[C@H](C)[C@@H](C(=O)OC)c1ccc(Br)cc1. The largest absolute Gasteiger partial charge is 0.469 e. The van der Waals surface area contributed by atoms with E-state index in [1.54, 1.807) is 6.08 Å². The minimum atomic E-state index is -0.282. The fourth-order valence-electron chi connectivity index (χ4n) is 1.59. The van der Waals surface area contributed by atoms with Gasteiger partial charge in [-0.2, -0.15) is 0 Å². The summed E-state index contributed by atoms with van der Waals surface area (Å²) in [6.07, 6.45) is 1.77. The zero-order valence-corrected chi connectivity index (χ0v) is 11.0. The van der Waals surface area contributed by atoms with Crippen molar-refractivity contribution >= 4 is 21.9 Å². The Morgan fingerprint density at radius 3 is 2.44 bits per heavy atom. The lowest BCUT2D eigenvalue weighted by atomic mass is 9.87. The van der Waals surface area contributed by atoms with Crippen LogP contribution in [0.25, 0.3) is 0 Å². The number of carbonyl (C=O) groups excluding carboxylic acids is 1. The summed E-state index contributed by atoms with van der Waals surface area (Å²) in [6, 6.07) is 7.68. The van der Waals surface area contributed by atoms with Crippen molar-refractivity contribution in [3.8, 4) is 0 Å². The highest BCUT2D eigenvalue weighted by Gasteiger charge is 2.25. The third kappa shape index (κ3) is 2.95. The lowest BCUT2D eigenvalue weighted by molar-refractivity contribution is -0.143. The van der Waals surface area contributed by atoms with Crippen LogP contribution in [0.1, 0.15) is 18.4 Å². The molecule has 0 heterocycles. The molecule has 0 aliphatic carbocycles. The maximum absolute atomic E-state index is 11.7.